The minimum Gasteiger partial charge on any atom is -0.343 e. The highest BCUT2D eigenvalue weighted by Crippen LogP contribution is 2.24. The molecular weight excluding hydrogens is 398 g/mol. The first-order chi connectivity index (χ1) is 15.5. The number of benzene rings is 3. The zero-order chi connectivity index (χ0) is 22.6. The van der Waals surface area contributed by atoms with Gasteiger partial charge in [0.2, 0.25) is 5.91 Å². The Kier molecular flexibility index (Phi) is 5.99. The van der Waals surface area contributed by atoms with Crippen LogP contribution in [0, 0.1) is 0 Å². The smallest absolute Gasteiger partial charge is 0.267 e. The Bertz CT molecular complexity index is 1210. The Balaban J connectivity index is 1.69. The van der Waals surface area contributed by atoms with E-state index in [-0.39, 0.29) is 17.5 Å². The van der Waals surface area contributed by atoms with Crippen molar-refractivity contribution in [2.45, 2.75) is 25.4 Å². The van der Waals surface area contributed by atoms with Crippen LogP contribution in [0.5, 0.6) is 0 Å². The second-order valence-corrected chi connectivity index (χ2v) is 8.12. The van der Waals surface area contributed by atoms with Crippen LogP contribution in [0.15, 0.2) is 108 Å². The number of carbonyl (C=O) groups is 1. The molecule has 5 nitrogen and oxygen atoms in total. The summed E-state index contributed by atoms with van der Waals surface area (Å²) in [6.07, 6.45) is 0. The van der Waals surface area contributed by atoms with E-state index in [0.29, 0.717) is 5.69 Å². The van der Waals surface area contributed by atoms with Crippen LogP contribution in [0.4, 0.5) is 0 Å². The Morgan fingerprint density at radius 2 is 1.28 bits per heavy atom. The van der Waals surface area contributed by atoms with Gasteiger partial charge in [0.25, 0.3) is 5.56 Å². The Morgan fingerprint density at radius 3 is 1.81 bits per heavy atom. The van der Waals surface area contributed by atoms with Crippen molar-refractivity contribution in [3.8, 4) is 11.3 Å². The summed E-state index contributed by atoms with van der Waals surface area (Å²) in [5.74, 6) is -0.296. The monoisotopic (exact) mass is 423 g/mol. The molecule has 1 N–H and O–H groups in total. The molecule has 0 radical (unpaired) electrons. The quantitative estimate of drug-likeness (QED) is 0.495. The van der Waals surface area contributed by atoms with Crippen LogP contribution >= 0.6 is 0 Å². The van der Waals surface area contributed by atoms with E-state index in [4.69, 9.17) is 0 Å². The molecule has 0 saturated heterocycles. The second-order valence-electron chi connectivity index (χ2n) is 8.12. The van der Waals surface area contributed by atoms with Crippen LogP contribution in [0.2, 0.25) is 0 Å². The van der Waals surface area contributed by atoms with Crippen molar-refractivity contribution in [1.82, 2.24) is 15.1 Å². The van der Waals surface area contributed by atoms with E-state index in [2.05, 4.69) is 10.4 Å². The van der Waals surface area contributed by atoms with Crippen molar-refractivity contribution in [3.05, 3.63) is 125 Å². The van der Waals surface area contributed by atoms with Gasteiger partial charge in [0, 0.05) is 11.6 Å². The third-order valence-electron chi connectivity index (χ3n) is 5.50. The first-order valence-corrected chi connectivity index (χ1v) is 10.5. The fourth-order valence-electron chi connectivity index (χ4n) is 3.63. The molecule has 1 aromatic heterocycles. The minimum absolute atomic E-state index is 0.296. The number of hydrogen-bond donors (Lipinski definition) is 1. The summed E-state index contributed by atoms with van der Waals surface area (Å²) in [6, 6.07) is 31.9. The van der Waals surface area contributed by atoms with E-state index in [1.165, 1.54) is 10.7 Å². The summed E-state index contributed by atoms with van der Waals surface area (Å²) in [6.45, 7) is 3.41. The number of aromatic nitrogens is 2. The average molecular weight is 424 g/mol. The van der Waals surface area contributed by atoms with Gasteiger partial charge in [-0.3, -0.25) is 9.59 Å². The summed E-state index contributed by atoms with van der Waals surface area (Å²) < 4.78 is 1.26. The summed E-state index contributed by atoms with van der Waals surface area (Å²) in [5, 5.41) is 7.67. The van der Waals surface area contributed by atoms with E-state index in [1.807, 2.05) is 91.0 Å². The van der Waals surface area contributed by atoms with Gasteiger partial charge in [0.1, 0.15) is 5.54 Å². The number of amides is 1. The molecule has 5 heteroatoms. The maximum atomic E-state index is 13.5. The van der Waals surface area contributed by atoms with Gasteiger partial charge in [-0.2, -0.15) is 5.10 Å². The van der Waals surface area contributed by atoms with Gasteiger partial charge in [-0.15, -0.1) is 0 Å². The van der Waals surface area contributed by atoms with E-state index in [1.54, 1.807) is 19.9 Å². The molecule has 0 atom stereocenters. The molecule has 0 spiro atoms. The molecule has 0 saturated carbocycles. The summed E-state index contributed by atoms with van der Waals surface area (Å²) >= 11 is 0. The predicted molar refractivity (Wildman–Crippen MR) is 126 cm³/mol. The number of nitrogens with zero attached hydrogens (tertiary/aromatic N) is 2. The van der Waals surface area contributed by atoms with Crippen LogP contribution in [0.3, 0.4) is 0 Å². The van der Waals surface area contributed by atoms with Gasteiger partial charge < -0.3 is 5.32 Å². The molecule has 0 aliphatic rings. The predicted octanol–water partition coefficient (Wildman–Crippen LogP) is 4.55. The third-order valence-corrected chi connectivity index (χ3v) is 5.50. The molecule has 4 aromatic rings. The first-order valence-electron chi connectivity index (χ1n) is 10.5. The van der Waals surface area contributed by atoms with Gasteiger partial charge in [-0.1, -0.05) is 91.0 Å². The van der Waals surface area contributed by atoms with Gasteiger partial charge in [-0.05, 0) is 31.0 Å². The van der Waals surface area contributed by atoms with Crippen molar-refractivity contribution in [3.63, 3.8) is 0 Å². The molecule has 0 aliphatic carbocycles. The topological polar surface area (TPSA) is 64.0 Å². The van der Waals surface area contributed by atoms with E-state index in [0.717, 1.165) is 16.7 Å². The maximum Gasteiger partial charge on any atom is 0.267 e. The molecule has 3 aromatic carbocycles. The lowest BCUT2D eigenvalue weighted by Gasteiger charge is -2.29. The van der Waals surface area contributed by atoms with Crippen LogP contribution < -0.4 is 10.9 Å². The molecule has 4 rings (SSSR count). The molecule has 1 heterocycles. The molecule has 1 amide bonds. The van der Waals surface area contributed by atoms with Gasteiger partial charge in [0.05, 0.1) is 11.7 Å². The maximum absolute atomic E-state index is 13.5. The van der Waals surface area contributed by atoms with Crippen molar-refractivity contribution >= 4 is 5.91 Å². The summed E-state index contributed by atoms with van der Waals surface area (Å²) in [7, 11) is 0. The number of nitrogens with one attached hydrogen (secondary N) is 1. The molecule has 32 heavy (non-hydrogen) atoms. The summed E-state index contributed by atoms with van der Waals surface area (Å²) in [4.78, 5) is 26.2. The largest absolute Gasteiger partial charge is 0.343 e. The Morgan fingerprint density at radius 1 is 0.781 bits per heavy atom. The number of hydrogen-bond acceptors (Lipinski definition) is 3. The summed E-state index contributed by atoms with van der Waals surface area (Å²) in [5.41, 5.74) is 1.89. The van der Waals surface area contributed by atoms with Crippen LogP contribution in [-0.4, -0.2) is 15.7 Å². The highest BCUT2D eigenvalue weighted by atomic mass is 16.2. The van der Waals surface area contributed by atoms with Crippen LogP contribution in [-0.2, 0) is 10.3 Å². The van der Waals surface area contributed by atoms with Crippen molar-refractivity contribution in [1.29, 1.82) is 0 Å². The Hall–Kier alpha value is -3.99. The van der Waals surface area contributed by atoms with E-state index in [9.17, 15) is 9.59 Å². The lowest BCUT2D eigenvalue weighted by Crippen LogP contribution is -2.50. The third kappa shape index (κ3) is 4.37. The molecular formula is C27H25N3O2. The van der Waals surface area contributed by atoms with Crippen LogP contribution in [0.25, 0.3) is 11.3 Å². The van der Waals surface area contributed by atoms with Crippen LogP contribution in [0.1, 0.15) is 31.0 Å². The standard InChI is InChI=1S/C27H25N3O2/c1-27(2,30-24(31)19-18-23(29-30)20-12-6-3-7-13-20)26(32)28-25(21-14-8-4-9-15-21)22-16-10-5-11-17-22/h3-19,25H,1-2H3,(H,28,32). The van der Waals surface area contributed by atoms with Gasteiger partial charge in [-0.25, -0.2) is 4.68 Å². The fourth-order valence-corrected chi connectivity index (χ4v) is 3.63. The fraction of sp³-hybridized carbons (Fsp3) is 0.148. The SMILES string of the molecule is CC(C)(C(=O)NC(c1ccccc1)c1ccccc1)n1nc(-c2ccccc2)ccc1=O. The van der Waals surface area contributed by atoms with E-state index >= 15 is 0 Å². The number of carbonyl (C=O) groups excluding carboxylic acids is 1. The average Bonchev–Trinajstić information content (AvgIpc) is 2.84. The molecule has 160 valence electrons. The van der Waals surface area contributed by atoms with Gasteiger partial charge in [0.15, 0.2) is 0 Å². The highest BCUT2D eigenvalue weighted by Gasteiger charge is 2.34. The van der Waals surface area contributed by atoms with Crippen molar-refractivity contribution in [2.24, 2.45) is 0 Å². The lowest BCUT2D eigenvalue weighted by atomic mass is 9.96. The van der Waals surface area contributed by atoms with Crippen molar-refractivity contribution in [2.75, 3.05) is 0 Å². The van der Waals surface area contributed by atoms with Gasteiger partial charge >= 0.3 is 0 Å². The zero-order valence-corrected chi connectivity index (χ0v) is 18.1. The van der Waals surface area contributed by atoms with Crippen molar-refractivity contribution < 1.29 is 4.79 Å². The minimum atomic E-state index is -1.20. The molecule has 0 bridgehead atoms. The molecule has 0 fully saturated rings. The number of rotatable bonds is 6. The first kappa shape index (κ1) is 21.2. The molecule has 0 unspecified atom stereocenters. The highest BCUT2D eigenvalue weighted by molar-refractivity contribution is 5.84. The Labute approximate surface area is 187 Å². The molecule has 0 aliphatic heterocycles. The van der Waals surface area contributed by atoms with E-state index < -0.39 is 5.54 Å². The second kappa shape index (κ2) is 9.02. The zero-order valence-electron chi connectivity index (χ0n) is 18.1. The normalized spacial score (nSPS) is 11.3. The lowest BCUT2D eigenvalue weighted by molar-refractivity contribution is -0.129.